The molecule has 0 bridgehead atoms. The Hall–Kier alpha value is -1.25. The summed E-state index contributed by atoms with van der Waals surface area (Å²) in [5, 5.41) is 8.41. The standard InChI is InChI=1S/C12H14IN5O/c1-8-11(13)12(19)17(7-14-8)6-10-16-15-9-4-2-3-5-18(9)10/h7H,2-6H2,1H3. The molecule has 1 aliphatic rings. The van der Waals surface area contributed by atoms with Crippen molar-refractivity contribution in [3.8, 4) is 0 Å². The summed E-state index contributed by atoms with van der Waals surface area (Å²) in [6.45, 7) is 3.23. The fraction of sp³-hybridized carbons (Fsp3) is 0.500. The number of hydrogen-bond donors (Lipinski definition) is 0. The van der Waals surface area contributed by atoms with E-state index in [2.05, 4.69) is 19.7 Å². The third-order valence-corrected chi connectivity index (χ3v) is 4.65. The highest BCUT2D eigenvalue weighted by Gasteiger charge is 2.16. The molecule has 0 fully saturated rings. The van der Waals surface area contributed by atoms with Gasteiger partial charge in [-0.05, 0) is 42.4 Å². The predicted octanol–water partition coefficient (Wildman–Crippen LogP) is 1.13. The number of halogens is 1. The summed E-state index contributed by atoms with van der Waals surface area (Å²) in [5.41, 5.74) is 0.756. The Labute approximate surface area is 124 Å². The smallest absolute Gasteiger partial charge is 0.267 e. The van der Waals surface area contributed by atoms with E-state index in [1.807, 2.05) is 29.5 Å². The maximum atomic E-state index is 12.1. The van der Waals surface area contributed by atoms with Gasteiger partial charge in [-0.1, -0.05) is 0 Å². The molecule has 1 aliphatic heterocycles. The summed E-state index contributed by atoms with van der Waals surface area (Å²) < 4.78 is 4.39. The SMILES string of the molecule is Cc1ncn(Cc2nnc3n2CCCC3)c(=O)c1I. The van der Waals surface area contributed by atoms with Crippen LogP contribution in [-0.2, 0) is 19.5 Å². The van der Waals surface area contributed by atoms with E-state index >= 15 is 0 Å². The first-order chi connectivity index (χ1) is 9.16. The van der Waals surface area contributed by atoms with E-state index in [1.54, 1.807) is 10.9 Å². The Morgan fingerprint density at radius 2 is 2.21 bits per heavy atom. The van der Waals surface area contributed by atoms with Gasteiger partial charge < -0.3 is 4.57 Å². The molecule has 0 aliphatic carbocycles. The van der Waals surface area contributed by atoms with Crippen LogP contribution < -0.4 is 5.56 Å². The lowest BCUT2D eigenvalue weighted by Crippen LogP contribution is -2.26. The average Bonchev–Trinajstić information content (AvgIpc) is 2.83. The van der Waals surface area contributed by atoms with Crippen molar-refractivity contribution in [1.29, 1.82) is 0 Å². The van der Waals surface area contributed by atoms with Crippen molar-refractivity contribution in [3.05, 3.63) is 37.6 Å². The molecule has 100 valence electrons. The second-order valence-corrected chi connectivity index (χ2v) is 5.80. The Morgan fingerprint density at radius 3 is 3.05 bits per heavy atom. The summed E-state index contributed by atoms with van der Waals surface area (Å²) in [5.74, 6) is 1.88. The molecule has 3 rings (SSSR count). The van der Waals surface area contributed by atoms with E-state index in [4.69, 9.17) is 0 Å². The monoisotopic (exact) mass is 371 g/mol. The predicted molar refractivity (Wildman–Crippen MR) is 78.0 cm³/mol. The van der Waals surface area contributed by atoms with Crippen LogP contribution in [0.5, 0.6) is 0 Å². The zero-order chi connectivity index (χ0) is 13.4. The Morgan fingerprint density at radius 1 is 1.37 bits per heavy atom. The zero-order valence-corrected chi connectivity index (χ0v) is 12.8. The number of aryl methyl sites for hydroxylation is 2. The van der Waals surface area contributed by atoms with Crippen molar-refractivity contribution in [3.63, 3.8) is 0 Å². The van der Waals surface area contributed by atoms with E-state index in [-0.39, 0.29) is 5.56 Å². The van der Waals surface area contributed by atoms with Crippen molar-refractivity contribution in [2.75, 3.05) is 0 Å². The molecule has 0 amide bonds. The lowest BCUT2D eigenvalue weighted by molar-refractivity contribution is 0.499. The molecule has 0 unspecified atom stereocenters. The first-order valence-corrected chi connectivity index (χ1v) is 7.37. The topological polar surface area (TPSA) is 65.6 Å². The van der Waals surface area contributed by atoms with Crippen molar-refractivity contribution in [2.45, 2.75) is 39.3 Å². The summed E-state index contributed by atoms with van der Waals surface area (Å²) in [4.78, 5) is 16.4. The second kappa shape index (κ2) is 5.03. The van der Waals surface area contributed by atoms with Gasteiger partial charge in [0.25, 0.3) is 5.56 Å². The summed E-state index contributed by atoms with van der Waals surface area (Å²) in [6.07, 6.45) is 4.88. The number of fused-ring (bicyclic) bond motifs is 1. The quantitative estimate of drug-likeness (QED) is 0.743. The minimum Gasteiger partial charge on any atom is -0.313 e. The number of rotatable bonds is 2. The molecule has 2 aromatic rings. The van der Waals surface area contributed by atoms with Crippen LogP contribution in [-0.4, -0.2) is 24.3 Å². The van der Waals surface area contributed by atoms with Gasteiger partial charge in [0, 0.05) is 13.0 Å². The molecule has 0 saturated carbocycles. The largest absolute Gasteiger partial charge is 0.313 e. The van der Waals surface area contributed by atoms with Gasteiger partial charge in [-0.15, -0.1) is 10.2 Å². The van der Waals surface area contributed by atoms with Gasteiger partial charge in [0.1, 0.15) is 5.82 Å². The van der Waals surface area contributed by atoms with Crippen LogP contribution in [0.4, 0.5) is 0 Å². The van der Waals surface area contributed by atoms with Crippen molar-refractivity contribution in [2.24, 2.45) is 0 Å². The van der Waals surface area contributed by atoms with Crippen LogP contribution in [0.1, 0.15) is 30.2 Å². The van der Waals surface area contributed by atoms with Crippen LogP contribution in [0.25, 0.3) is 0 Å². The highest BCUT2D eigenvalue weighted by molar-refractivity contribution is 14.1. The van der Waals surface area contributed by atoms with Gasteiger partial charge in [-0.25, -0.2) is 4.98 Å². The first kappa shape index (κ1) is 12.8. The molecule has 2 aromatic heterocycles. The van der Waals surface area contributed by atoms with Gasteiger partial charge in [-0.3, -0.25) is 9.36 Å². The molecule has 6 nitrogen and oxygen atoms in total. The van der Waals surface area contributed by atoms with Crippen LogP contribution in [0.3, 0.4) is 0 Å². The number of nitrogens with zero attached hydrogens (tertiary/aromatic N) is 5. The van der Waals surface area contributed by atoms with Crippen LogP contribution in [0.15, 0.2) is 11.1 Å². The molecule has 3 heterocycles. The van der Waals surface area contributed by atoms with E-state index in [9.17, 15) is 4.79 Å². The first-order valence-electron chi connectivity index (χ1n) is 6.29. The van der Waals surface area contributed by atoms with Gasteiger partial charge in [0.2, 0.25) is 0 Å². The van der Waals surface area contributed by atoms with Crippen LogP contribution in [0.2, 0.25) is 0 Å². The van der Waals surface area contributed by atoms with Gasteiger partial charge in [-0.2, -0.15) is 0 Å². The molecule has 0 N–H and O–H groups in total. The summed E-state index contributed by atoms with van der Waals surface area (Å²) in [6, 6.07) is 0. The van der Waals surface area contributed by atoms with Gasteiger partial charge >= 0.3 is 0 Å². The molecule has 19 heavy (non-hydrogen) atoms. The summed E-state index contributed by atoms with van der Waals surface area (Å²) >= 11 is 2.04. The second-order valence-electron chi connectivity index (χ2n) is 4.72. The molecule has 0 atom stereocenters. The highest BCUT2D eigenvalue weighted by atomic mass is 127. The fourth-order valence-corrected chi connectivity index (χ4v) is 2.75. The average molecular weight is 371 g/mol. The molecule has 0 radical (unpaired) electrons. The lowest BCUT2D eigenvalue weighted by atomic mass is 10.2. The normalized spacial score (nSPS) is 14.4. The van der Waals surface area contributed by atoms with Crippen molar-refractivity contribution in [1.82, 2.24) is 24.3 Å². The third kappa shape index (κ3) is 2.31. The maximum absolute atomic E-state index is 12.1. The minimum absolute atomic E-state index is 0.0127. The molecule has 0 saturated heterocycles. The van der Waals surface area contributed by atoms with Crippen molar-refractivity contribution >= 4 is 22.6 Å². The van der Waals surface area contributed by atoms with Gasteiger partial charge in [0.15, 0.2) is 5.82 Å². The Bertz CT molecular complexity index is 675. The maximum Gasteiger partial charge on any atom is 0.267 e. The van der Waals surface area contributed by atoms with E-state index < -0.39 is 0 Å². The molecular weight excluding hydrogens is 357 g/mol. The zero-order valence-electron chi connectivity index (χ0n) is 10.6. The third-order valence-electron chi connectivity index (χ3n) is 3.40. The van der Waals surface area contributed by atoms with E-state index in [0.717, 1.165) is 36.7 Å². The summed E-state index contributed by atoms with van der Waals surface area (Å²) in [7, 11) is 0. The Balaban J connectivity index is 1.96. The molecule has 7 heteroatoms. The van der Waals surface area contributed by atoms with E-state index in [1.165, 1.54) is 6.42 Å². The number of hydrogen-bond acceptors (Lipinski definition) is 4. The van der Waals surface area contributed by atoms with Gasteiger partial charge in [0.05, 0.1) is 22.1 Å². The minimum atomic E-state index is -0.0127. The Kier molecular flexibility index (Phi) is 3.38. The number of aromatic nitrogens is 5. The van der Waals surface area contributed by atoms with E-state index in [0.29, 0.717) is 10.1 Å². The van der Waals surface area contributed by atoms with Crippen molar-refractivity contribution < 1.29 is 0 Å². The lowest BCUT2D eigenvalue weighted by Gasteiger charge is -2.15. The molecule has 0 aromatic carbocycles. The highest BCUT2D eigenvalue weighted by Crippen LogP contribution is 2.14. The molecule has 0 spiro atoms. The van der Waals surface area contributed by atoms with Crippen LogP contribution >= 0.6 is 22.6 Å². The molecular formula is C12H14IN5O. The fourth-order valence-electron chi connectivity index (χ4n) is 2.30. The van der Waals surface area contributed by atoms with Crippen LogP contribution in [0, 0.1) is 10.5 Å².